The Morgan fingerprint density at radius 2 is 1.82 bits per heavy atom. The number of aromatic nitrogens is 1. The number of carbonyl (C=O) groups excluding carboxylic acids is 1. The van der Waals surface area contributed by atoms with Gasteiger partial charge >= 0.3 is 0 Å². The van der Waals surface area contributed by atoms with E-state index in [0.29, 0.717) is 19.1 Å². The highest BCUT2D eigenvalue weighted by Crippen LogP contribution is 2.38. The molecule has 2 aliphatic rings. The van der Waals surface area contributed by atoms with Gasteiger partial charge < -0.3 is 14.6 Å². The fraction of sp³-hybridized carbons (Fsp3) is 0.357. The van der Waals surface area contributed by atoms with Crippen molar-refractivity contribution in [3.8, 4) is 17.0 Å². The molecule has 0 bridgehead atoms. The van der Waals surface area contributed by atoms with Crippen molar-refractivity contribution in [1.82, 2.24) is 4.98 Å². The van der Waals surface area contributed by atoms with E-state index in [2.05, 4.69) is 4.98 Å². The van der Waals surface area contributed by atoms with Crippen molar-refractivity contribution in [2.75, 3.05) is 13.2 Å². The second-order valence-corrected chi connectivity index (χ2v) is 9.82. The number of halogens is 1. The van der Waals surface area contributed by atoms with E-state index >= 15 is 0 Å². The highest BCUT2D eigenvalue weighted by Gasteiger charge is 2.46. The Morgan fingerprint density at radius 1 is 1.15 bits per heavy atom. The molecule has 1 saturated heterocycles. The fourth-order valence-electron chi connectivity index (χ4n) is 4.31. The van der Waals surface area contributed by atoms with Gasteiger partial charge in [0, 0.05) is 24.2 Å². The Labute approximate surface area is 198 Å². The molecule has 1 N–H and O–H groups in total. The molecule has 0 amide bonds. The van der Waals surface area contributed by atoms with Crippen LogP contribution in [0.15, 0.2) is 60.8 Å². The van der Waals surface area contributed by atoms with Crippen molar-refractivity contribution >= 4 is 5.78 Å². The van der Waals surface area contributed by atoms with Crippen LogP contribution in [0.3, 0.4) is 0 Å². The van der Waals surface area contributed by atoms with E-state index in [-0.39, 0.29) is 24.1 Å². The molecule has 1 aromatic heterocycles. The molecule has 176 valence electrons. The van der Waals surface area contributed by atoms with Gasteiger partial charge in [0.2, 0.25) is 5.88 Å². The number of ketones is 1. The number of rotatable bonds is 8. The normalized spacial score (nSPS) is 17.2. The Morgan fingerprint density at radius 3 is 2.38 bits per heavy atom. The Balaban J connectivity index is 1.41. The van der Waals surface area contributed by atoms with Gasteiger partial charge in [-0.05, 0) is 61.1 Å². The van der Waals surface area contributed by atoms with Crippen molar-refractivity contribution in [1.29, 1.82) is 0 Å². The minimum Gasteiger partial charge on any atom is -0.474 e. The number of hydrogen-bond donors (Lipinski definition) is 1. The van der Waals surface area contributed by atoms with Gasteiger partial charge in [0.25, 0.3) is 0 Å². The number of carbonyl (C=O) groups is 1. The Bertz CT molecular complexity index is 1190. The zero-order valence-electron chi connectivity index (χ0n) is 19.4. The molecule has 2 fully saturated rings. The minimum absolute atomic E-state index is 0.0542. The van der Waals surface area contributed by atoms with Gasteiger partial charge in [-0.2, -0.15) is 0 Å². The van der Waals surface area contributed by atoms with Crippen LogP contribution < -0.4 is 4.74 Å². The number of Topliss-reactive ketones (excluding diaryl/α,β-unsaturated/α-hetero) is 1. The molecule has 5 nitrogen and oxygen atoms in total. The number of nitrogens with zero attached hydrogens (tertiary/aromatic N) is 1. The van der Waals surface area contributed by atoms with Crippen LogP contribution >= 0.6 is 0 Å². The molecule has 6 heteroatoms. The molecule has 1 aliphatic carbocycles. The van der Waals surface area contributed by atoms with E-state index in [4.69, 9.17) is 9.47 Å². The fourth-order valence-corrected chi connectivity index (χ4v) is 4.31. The van der Waals surface area contributed by atoms with E-state index in [1.165, 1.54) is 12.1 Å². The molecule has 0 atom stereocenters. The first-order chi connectivity index (χ1) is 16.2. The van der Waals surface area contributed by atoms with Crippen molar-refractivity contribution in [3.05, 3.63) is 83.3 Å². The summed E-state index contributed by atoms with van der Waals surface area (Å²) in [7, 11) is 0. The topological polar surface area (TPSA) is 68.7 Å². The highest BCUT2D eigenvalue weighted by atomic mass is 19.1. The summed E-state index contributed by atoms with van der Waals surface area (Å²) >= 11 is 0. The zero-order chi connectivity index (χ0) is 23.9. The Hall–Kier alpha value is -3.09. The lowest BCUT2D eigenvalue weighted by Gasteiger charge is -2.40. The minimum atomic E-state index is -1.08. The summed E-state index contributed by atoms with van der Waals surface area (Å²) in [5, 5.41) is 10.8. The van der Waals surface area contributed by atoms with Crippen molar-refractivity contribution < 1.29 is 23.8 Å². The van der Waals surface area contributed by atoms with Crippen LogP contribution in [0.2, 0.25) is 0 Å². The maximum absolute atomic E-state index is 13.2. The average molecular weight is 462 g/mol. The summed E-state index contributed by atoms with van der Waals surface area (Å²) in [6.07, 6.45) is 4.26. The van der Waals surface area contributed by atoms with Crippen LogP contribution in [-0.4, -0.2) is 35.2 Å². The van der Waals surface area contributed by atoms with Crippen LogP contribution in [-0.2, 0) is 27.0 Å². The van der Waals surface area contributed by atoms with E-state index in [1.54, 1.807) is 32.2 Å². The zero-order valence-corrected chi connectivity index (χ0v) is 19.4. The molecule has 0 radical (unpaired) electrons. The number of benzene rings is 2. The van der Waals surface area contributed by atoms with Crippen LogP contribution in [0.4, 0.5) is 4.39 Å². The second-order valence-electron chi connectivity index (χ2n) is 9.82. The lowest BCUT2D eigenvalue weighted by molar-refractivity contribution is -0.142. The van der Waals surface area contributed by atoms with Crippen LogP contribution in [0.25, 0.3) is 11.1 Å². The van der Waals surface area contributed by atoms with Crippen molar-refractivity contribution in [2.24, 2.45) is 0 Å². The molecule has 5 rings (SSSR count). The highest BCUT2D eigenvalue weighted by molar-refractivity contribution is 5.93. The standard InChI is InChI=1S/C28H28FNO4/c1-27(2,32)24-14-26(34-22-11-12-22)30-15-23(24)19-5-7-20(8-6-19)28(16-33-17-28)25(31)13-18-3-9-21(29)10-4-18/h3-10,14-15,22,32H,11-13,16-17H2,1-2H3. The van der Waals surface area contributed by atoms with Crippen molar-refractivity contribution in [3.63, 3.8) is 0 Å². The number of ether oxygens (including phenoxy) is 2. The smallest absolute Gasteiger partial charge is 0.213 e. The molecule has 1 aliphatic heterocycles. The third-order valence-electron chi connectivity index (χ3n) is 6.61. The van der Waals surface area contributed by atoms with Gasteiger partial charge in [-0.3, -0.25) is 4.79 Å². The van der Waals surface area contributed by atoms with Crippen molar-refractivity contribution in [2.45, 2.75) is 50.2 Å². The Kier molecular flexibility index (Phi) is 5.74. The number of pyridine rings is 1. The molecule has 34 heavy (non-hydrogen) atoms. The molecule has 1 saturated carbocycles. The third-order valence-corrected chi connectivity index (χ3v) is 6.61. The van der Waals surface area contributed by atoms with E-state index in [1.807, 2.05) is 30.3 Å². The molecule has 2 heterocycles. The van der Waals surface area contributed by atoms with Crippen LogP contribution in [0, 0.1) is 5.82 Å². The molecule has 2 aromatic carbocycles. The average Bonchev–Trinajstić information content (AvgIpc) is 3.59. The van der Waals surface area contributed by atoms with Gasteiger partial charge in [0.05, 0.1) is 18.8 Å². The van der Waals surface area contributed by atoms with E-state index < -0.39 is 11.0 Å². The first kappa shape index (κ1) is 22.7. The first-order valence-electron chi connectivity index (χ1n) is 11.6. The van der Waals surface area contributed by atoms with Crippen LogP contribution in [0.1, 0.15) is 43.4 Å². The lowest BCUT2D eigenvalue weighted by atomic mass is 9.73. The second kappa shape index (κ2) is 8.60. The first-order valence-corrected chi connectivity index (χ1v) is 11.6. The molecule has 0 unspecified atom stereocenters. The SMILES string of the molecule is CC(C)(O)c1cc(OC2CC2)ncc1-c1ccc(C2(C(=O)Cc3ccc(F)cc3)COC2)cc1. The lowest BCUT2D eigenvalue weighted by Crippen LogP contribution is -2.53. The summed E-state index contributed by atoms with van der Waals surface area (Å²) in [6.45, 7) is 4.15. The quantitative estimate of drug-likeness (QED) is 0.525. The maximum Gasteiger partial charge on any atom is 0.213 e. The maximum atomic E-state index is 13.2. The molecule has 0 spiro atoms. The summed E-state index contributed by atoms with van der Waals surface area (Å²) in [5.74, 6) is 0.260. The third kappa shape index (κ3) is 4.48. The summed E-state index contributed by atoms with van der Waals surface area (Å²) in [6, 6.07) is 15.6. The van der Waals surface area contributed by atoms with Gasteiger partial charge in [-0.15, -0.1) is 0 Å². The van der Waals surface area contributed by atoms with Gasteiger partial charge in [0.15, 0.2) is 5.78 Å². The number of hydrogen-bond acceptors (Lipinski definition) is 5. The predicted octanol–water partition coefficient (Wildman–Crippen LogP) is 4.74. The van der Waals surface area contributed by atoms with E-state index in [9.17, 15) is 14.3 Å². The van der Waals surface area contributed by atoms with Crippen LogP contribution in [0.5, 0.6) is 5.88 Å². The summed E-state index contributed by atoms with van der Waals surface area (Å²) in [5.41, 5.74) is 2.34. The molecular weight excluding hydrogens is 433 g/mol. The van der Waals surface area contributed by atoms with Gasteiger partial charge in [0.1, 0.15) is 17.3 Å². The van der Waals surface area contributed by atoms with Gasteiger partial charge in [-0.1, -0.05) is 36.4 Å². The monoisotopic (exact) mass is 461 g/mol. The molecular formula is C28H28FNO4. The van der Waals surface area contributed by atoms with E-state index in [0.717, 1.165) is 40.7 Å². The molecule has 3 aromatic rings. The summed E-state index contributed by atoms with van der Waals surface area (Å²) < 4.78 is 24.5. The number of aliphatic hydroxyl groups is 1. The summed E-state index contributed by atoms with van der Waals surface area (Å²) in [4.78, 5) is 17.7. The largest absolute Gasteiger partial charge is 0.474 e. The van der Waals surface area contributed by atoms with Gasteiger partial charge in [-0.25, -0.2) is 9.37 Å². The predicted molar refractivity (Wildman–Crippen MR) is 126 cm³/mol.